The van der Waals surface area contributed by atoms with E-state index in [1.54, 1.807) is 7.05 Å². The predicted molar refractivity (Wildman–Crippen MR) is 89.2 cm³/mol. The smallest absolute Gasteiger partial charge is 0.245 e. The first-order valence-corrected chi connectivity index (χ1v) is 8.80. The van der Waals surface area contributed by atoms with E-state index < -0.39 is 10.4 Å². The van der Waals surface area contributed by atoms with Crippen LogP contribution in [0.15, 0.2) is 13.3 Å². The second-order valence-electron chi connectivity index (χ2n) is 4.21. The van der Waals surface area contributed by atoms with Gasteiger partial charge < -0.3 is 5.73 Å². The fraction of sp³-hybridized carbons (Fsp3) is 0.400. The molecule has 1 aliphatic rings. The van der Waals surface area contributed by atoms with Gasteiger partial charge in [0, 0.05) is 7.05 Å². The van der Waals surface area contributed by atoms with Crippen molar-refractivity contribution in [2.45, 2.75) is 17.3 Å². The molecule has 0 aromatic carbocycles. The van der Waals surface area contributed by atoms with E-state index in [-0.39, 0.29) is 11.9 Å². The molecular formula is C10H9Br3ClN3OS. The zero-order valence-electron chi connectivity index (χ0n) is 9.88. The Bertz CT molecular complexity index is 591. The fourth-order valence-corrected chi connectivity index (χ4v) is 5.30. The maximum absolute atomic E-state index is 12.2. The summed E-state index contributed by atoms with van der Waals surface area (Å²) in [6.45, 7) is 1.83. The second kappa shape index (κ2) is 5.29. The van der Waals surface area contributed by atoms with Crippen LogP contribution in [-0.4, -0.2) is 28.6 Å². The normalized spacial score (nSPS) is 27.7. The summed E-state index contributed by atoms with van der Waals surface area (Å²) in [5.41, 5.74) is 4.98. The van der Waals surface area contributed by atoms with Gasteiger partial charge in [0.15, 0.2) is 5.96 Å². The van der Waals surface area contributed by atoms with Crippen molar-refractivity contribution < 1.29 is 4.79 Å². The number of halogens is 4. The number of rotatable bonds is 1. The quantitative estimate of drug-likeness (QED) is 0.606. The van der Waals surface area contributed by atoms with Crippen molar-refractivity contribution in [3.05, 3.63) is 18.2 Å². The lowest BCUT2D eigenvalue weighted by molar-refractivity contribution is -0.127. The first kappa shape index (κ1) is 15.8. The molecule has 1 aliphatic heterocycles. The van der Waals surface area contributed by atoms with E-state index >= 15 is 0 Å². The molecule has 2 heterocycles. The minimum absolute atomic E-state index is 0.147. The molecule has 0 bridgehead atoms. The SMILES string of the molecule is CN1C(=O)[C@H](Br)[C@@](C)(c2sc(Br)c(Br)c2Cl)N=C1N. The van der Waals surface area contributed by atoms with Crippen LogP contribution in [0.2, 0.25) is 5.02 Å². The first-order valence-electron chi connectivity index (χ1n) is 5.11. The Balaban J connectivity index is 2.64. The number of aliphatic imine (C=N–C) groups is 1. The maximum atomic E-state index is 12.2. The van der Waals surface area contributed by atoms with Crippen LogP contribution in [0.4, 0.5) is 0 Å². The third-order valence-corrected chi connectivity index (χ3v) is 8.62. The highest BCUT2D eigenvalue weighted by Crippen LogP contribution is 2.50. The van der Waals surface area contributed by atoms with Crippen LogP contribution in [0, 0.1) is 0 Å². The highest BCUT2D eigenvalue weighted by atomic mass is 79.9. The third-order valence-electron chi connectivity index (χ3n) is 2.95. The highest BCUT2D eigenvalue weighted by molar-refractivity contribution is 9.13. The number of nitrogens with zero attached hydrogens (tertiary/aromatic N) is 2. The topological polar surface area (TPSA) is 58.7 Å². The van der Waals surface area contributed by atoms with E-state index in [2.05, 4.69) is 52.8 Å². The third kappa shape index (κ3) is 2.39. The molecule has 1 aromatic heterocycles. The molecule has 0 saturated carbocycles. The standard InChI is InChI=1S/C10H9Br3ClN3OS/c1-10(6-4(14)3(11)7(13)19-6)5(12)8(18)17(2)9(15)16-10/h5H,1-2H3,(H2,15,16)/t5-,10-/m0/s1. The monoisotopic (exact) mass is 491 g/mol. The number of nitrogens with two attached hydrogens (primary N) is 1. The summed E-state index contributed by atoms with van der Waals surface area (Å²) in [5, 5.41) is 0.540. The van der Waals surface area contributed by atoms with Crippen molar-refractivity contribution in [2.24, 2.45) is 10.7 Å². The molecule has 9 heteroatoms. The molecule has 0 spiro atoms. The Hall–Kier alpha value is 0.370. The van der Waals surface area contributed by atoms with Crippen molar-refractivity contribution in [1.82, 2.24) is 4.90 Å². The van der Waals surface area contributed by atoms with Crippen LogP contribution in [0.1, 0.15) is 11.8 Å². The number of carbonyl (C=O) groups excluding carboxylic acids is 1. The van der Waals surface area contributed by atoms with E-state index in [0.29, 0.717) is 5.02 Å². The average molecular weight is 494 g/mol. The Labute approximate surface area is 144 Å². The van der Waals surface area contributed by atoms with Crippen LogP contribution >= 0.6 is 70.7 Å². The molecule has 104 valence electrons. The van der Waals surface area contributed by atoms with Crippen LogP contribution < -0.4 is 5.73 Å². The van der Waals surface area contributed by atoms with Crippen molar-refractivity contribution in [3.8, 4) is 0 Å². The first-order chi connectivity index (χ1) is 8.70. The van der Waals surface area contributed by atoms with Gasteiger partial charge in [0.1, 0.15) is 10.4 Å². The minimum atomic E-state index is -0.829. The van der Waals surface area contributed by atoms with Gasteiger partial charge in [-0.3, -0.25) is 9.69 Å². The number of amides is 1. The van der Waals surface area contributed by atoms with Crippen molar-refractivity contribution >= 4 is 82.6 Å². The lowest BCUT2D eigenvalue weighted by atomic mass is 9.94. The van der Waals surface area contributed by atoms with Crippen molar-refractivity contribution in [2.75, 3.05) is 7.05 Å². The van der Waals surface area contributed by atoms with Crippen LogP contribution in [0.5, 0.6) is 0 Å². The van der Waals surface area contributed by atoms with Gasteiger partial charge >= 0.3 is 0 Å². The molecule has 0 radical (unpaired) electrons. The number of alkyl halides is 1. The Morgan fingerprint density at radius 1 is 1.53 bits per heavy atom. The molecule has 2 rings (SSSR count). The number of hydrogen-bond donors (Lipinski definition) is 1. The predicted octanol–water partition coefficient (Wildman–Crippen LogP) is 3.69. The fourth-order valence-electron chi connectivity index (χ4n) is 1.75. The van der Waals surface area contributed by atoms with Gasteiger partial charge in [-0.1, -0.05) is 27.5 Å². The van der Waals surface area contributed by atoms with E-state index in [1.807, 2.05) is 6.92 Å². The Kier molecular flexibility index (Phi) is 4.39. The summed E-state index contributed by atoms with van der Waals surface area (Å²) in [6, 6.07) is 0. The van der Waals surface area contributed by atoms with Crippen molar-refractivity contribution in [1.29, 1.82) is 0 Å². The van der Waals surface area contributed by atoms with Crippen LogP contribution in [0.25, 0.3) is 0 Å². The van der Waals surface area contributed by atoms with Gasteiger partial charge in [0.25, 0.3) is 0 Å². The van der Waals surface area contributed by atoms with E-state index in [1.165, 1.54) is 16.2 Å². The van der Waals surface area contributed by atoms with Gasteiger partial charge in [0.05, 0.1) is 18.2 Å². The zero-order valence-corrected chi connectivity index (χ0v) is 16.2. The average Bonchev–Trinajstić information content (AvgIpc) is 2.62. The number of guanidine groups is 1. The van der Waals surface area contributed by atoms with Gasteiger partial charge in [0.2, 0.25) is 5.91 Å². The van der Waals surface area contributed by atoms with E-state index in [9.17, 15) is 4.79 Å². The maximum Gasteiger partial charge on any atom is 0.245 e. The summed E-state index contributed by atoms with van der Waals surface area (Å²) in [4.78, 5) is 18.2. The van der Waals surface area contributed by atoms with Crippen LogP contribution in [0.3, 0.4) is 0 Å². The van der Waals surface area contributed by atoms with Gasteiger partial charge in [-0.2, -0.15) is 0 Å². The summed E-state index contributed by atoms with van der Waals surface area (Å²) in [6.07, 6.45) is 0. The second-order valence-corrected chi connectivity index (χ2v) is 8.64. The molecule has 19 heavy (non-hydrogen) atoms. The zero-order chi connectivity index (χ0) is 14.5. The summed E-state index contributed by atoms with van der Waals surface area (Å²) < 4.78 is 1.61. The lowest BCUT2D eigenvalue weighted by Gasteiger charge is -2.37. The molecule has 0 fully saturated rings. The molecule has 1 aromatic rings. The van der Waals surface area contributed by atoms with Crippen LogP contribution in [-0.2, 0) is 10.3 Å². The molecule has 0 unspecified atom stereocenters. The molecule has 0 saturated heterocycles. The molecular weight excluding hydrogens is 485 g/mol. The summed E-state index contributed by atoms with van der Waals surface area (Å²) >= 11 is 18.0. The molecule has 2 N–H and O–H groups in total. The van der Waals surface area contributed by atoms with Crippen molar-refractivity contribution in [3.63, 3.8) is 0 Å². The highest BCUT2D eigenvalue weighted by Gasteiger charge is 2.47. The van der Waals surface area contributed by atoms with Gasteiger partial charge in [-0.15, -0.1) is 11.3 Å². The largest absolute Gasteiger partial charge is 0.369 e. The summed E-state index contributed by atoms with van der Waals surface area (Å²) in [7, 11) is 1.59. The number of thiophene rings is 1. The minimum Gasteiger partial charge on any atom is -0.369 e. The molecule has 4 nitrogen and oxygen atoms in total. The Morgan fingerprint density at radius 2 is 2.11 bits per heavy atom. The van der Waals surface area contributed by atoms with Gasteiger partial charge in [-0.25, -0.2) is 4.99 Å². The van der Waals surface area contributed by atoms with E-state index in [0.717, 1.165) is 13.1 Å². The summed E-state index contributed by atoms with van der Waals surface area (Å²) in [5.74, 6) is 0.0339. The van der Waals surface area contributed by atoms with E-state index in [4.69, 9.17) is 17.3 Å². The molecule has 2 atom stereocenters. The molecule has 1 amide bonds. The molecule has 0 aliphatic carbocycles. The number of carbonyl (C=O) groups is 1. The lowest BCUT2D eigenvalue weighted by Crippen LogP contribution is -2.54. The number of hydrogen-bond acceptors (Lipinski definition) is 4. The van der Waals surface area contributed by atoms with Gasteiger partial charge in [-0.05, 0) is 38.8 Å². The Morgan fingerprint density at radius 3 is 2.58 bits per heavy atom.